The summed E-state index contributed by atoms with van der Waals surface area (Å²) >= 11 is 3.39. The number of hydrogen-bond acceptors (Lipinski definition) is 2. The van der Waals surface area contributed by atoms with Crippen molar-refractivity contribution in [1.82, 2.24) is 14.5 Å². The number of alkyl halides is 1. The van der Waals surface area contributed by atoms with E-state index in [1.54, 1.807) is 18.1 Å². The fourth-order valence-electron chi connectivity index (χ4n) is 1.79. The predicted molar refractivity (Wildman–Crippen MR) is 78.1 cm³/mol. The van der Waals surface area contributed by atoms with Gasteiger partial charge in [-0.05, 0) is 17.7 Å². The van der Waals surface area contributed by atoms with E-state index in [4.69, 9.17) is 0 Å². The van der Waals surface area contributed by atoms with Gasteiger partial charge in [0.1, 0.15) is 5.82 Å². The van der Waals surface area contributed by atoms with Crippen molar-refractivity contribution < 1.29 is 4.79 Å². The first-order valence-corrected chi connectivity index (χ1v) is 7.10. The van der Waals surface area contributed by atoms with E-state index < -0.39 is 0 Å². The van der Waals surface area contributed by atoms with Gasteiger partial charge in [-0.25, -0.2) is 4.98 Å². The lowest BCUT2D eigenvalue weighted by Gasteiger charge is -2.17. The molecule has 0 aliphatic carbocycles. The first-order valence-electron chi connectivity index (χ1n) is 5.98. The summed E-state index contributed by atoms with van der Waals surface area (Å²) in [6, 6.07) is 7.62. The Morgan fingerprint density at radius 2 is 2.05 bits per heavy atom. The minimum absolute atomic E-state index is 0.00382. The van der Waals surface area contributed by atoms with Gasteiger partial charge in [-0.3, -0.25) is 4.79 Å². The van der Waals surface area contributed by atoms with Gasteiger partial charge in [0.15, 0.2) is 0 Å². The molecule has 0 saturated heterocycles. The summed E-state index contributed by atoms with van der Waals surface area (Å²) in [6.45, 7) is 0.503. The lowest BCUT2D eigenvalue weighted by atomic mass is 10.1. The first kappa shape index (κ1) is 13.8. The molecule has 0 bridgehead atoms. The lowest BCUT2D eigenvalue weighted by molar-refractivity contribution is 0.0780. The van der Waals surface area contributed by atoms with Crippen LogP contribution in [0.4, 0.5) is 0 Å². The fourth-order valence-corrected chi connectivity index (χ4v) is 2.16. The van der Waals surface area contributed by atoms with Crippen molar-refractivity contribution in [2.75, 3.05) is 7.05 Å². The van der Waals surface area contributed by atoms with Crippen molar-refractivity contribution in [2.24, 2.45) is 7.05 Å². The van der Waals surface area contributed by atoms with Crippen molar-refractivity contribution in [1.29, 1.82) is 0 Å². The van der Waals surface area contributed by atoms with Crippen LogP contribution in [0.25, 0.3) is 0 Å². The van der Waals surface area contributed by atoms with E-state index in [1.165, 1.54) is 0 Å². The highest BCUT2D eigenvalue weighted by Gasteiger charge is 2.13. The summed E-state index contributed by atoms with van der Waals surface area (Å²) < 4.78 is 1.91. The van der Waals surface area contributed by atoms with E-state index in [1.807, 2.05) is 42.1 Å². The van der Waals surface area contributed by atoms with Gasteiger partial charge in [0.2, 0.25) is 0 Å². The van der Waals surface area contributed by atoms with Crippen LogP contribution in [0.2, 0.25) is 0 Å². The third kappa shape index (κ3) is 3.23. The number of amides is 1. The second-order valence-electron chi connectivity index (χ2n) is 4.45. The highest BCUT2D eigenvalue weighted by Crippen LogP contribution is 2.11. The Morgan fingerprint density at radius 1 is 1.37 bits per heavy atom. The van der Waals surface area contributed by atoms with E-state index in [0.29, 0.717) is 12.1 Å². The molecular weight excluding hydrogens is 306 g/mol. The zero-order chi connectivity index (χ0) is 13.8. The molecule has 1 amide bonds. The maximum atomic E-state index is 12.3. The summed E-state index contributed by atoms with van der Waals surface area (Å²) in [5.74, 6) is 0.872. The van der Waals surface area contributed by atoms with Crippen LogP contribution in [0.15, 0.2) is 36.7 Å². The van der Waals surface area contributed by atoms with Crippen LogP contribution in [0.3, 0.4) is 0 Å². The van der Waals surface area contributed by atoms with Crippen LogP contribution in [0.1, 0.15) is 21.7 Å². The van der Waals surface area contributed by atoms with Gasteiger partial charge in [-0.2, -0.15) is 0 Å². The second-order valence-corrected chi connectivity index (χ2v) is 5.01. The number of benzene rings is 1. The summed E-state index contributed by atoms with van der Waals surface area (Å²) in [6.07, 6.45) is 3.61. The Balaban J connectivity index is 2.08. The number of aromatic nitrogens is 2. The van der Waals surface area contributed by atoms with E-state index >= 15 is 0 Å². The standard InChI is InChI=1S/C14H16BrN3O/c1-17-8-7-16-13(17)10-18(2)14(19)12-5-3-11(9-15)4-6-12/h3-8H,9-10H2,1-2H3. The molecule has 1 heterocycles. The Bertz CT molecular complexity index is 562. The molecule has 0 radical (unpaired) electrons. The number of halogens is 1. The molecule has 2 rings (SSSR count). The average molecular weight is 322 g/mol. The molecule has 1 aromatic carbocycles. The number of rotatable bonds is 4. The van der Waals surface area contributed by atoms with E-state index in [2.05, 4.69) is 20.9 Å². The normalized spacial score (nSPS) is 10.5. The Labute approximate surface area is 121 Å². The minimum atomic E-state index is 0.00382. The summed E-state index contributed by atoms with van der Waals surface area (Å²) in [5.41, 5.74) is 1.85. The van der Waals surface area contributed by atoms with Crippen molar-refractivity contribution in [3.8, 4) is 0 Å². The van der Waals surface area contributed by atoms with Crippen LogP contribution in [0, 0.1) is 0 Å². The van der Waals surface area contributed by atoms with Gasteiger partial charge >= 0.3 is 0 Å². The molecule has 4 nitrogen and oxygen atoms in total. The molecule has 0 atom stereocenters. The Kier molecular flexibility index (Phi) is 4.37. The first-order chi connectivity index (χ1) is 9.11. The molecule has 0 N–H and O–H groups in total. The molecule has 1 aromatic heterocycles. The van der Waals surface area contributed by atoms with Crippen molar-refractivity contribution in [2.45, 2.75) is 11.9 Å². The largest absolute Gasteiger partial charge is 0.337 e. The van der Waals surface area contributed by atoms with Gasteiger partial charge < -0.3 is 9.47 Å². The predicted octanol–water partition coefficient (Wildman–Crippen LogP) is 2.59. The van der Waals surface area contributed by atoms with Crippen LogP contribution >= 0.6 is 15.9 Å². The smallest absolute Gasteiger partial charge is 0.254 e. The number of carbonyl (C=O) groups is 1. The zero-order valence-electron chi connectivity index (χ0n) is 11.0. The third-order valence-corrected chi connectivity index (χ3v) is 3.65. The number of carbonyl (C=O) groups excluding carboxylic acids is 1. The number of imidazole rings is 1. The van der Waals surface area contributed by atoms with Gasteiger partial charge in [-0.15, -0.1) is 0 Å². The maximum absolute atomic E-state index is 12.3. The van der Waals surface area contributed by atoms with Crippen LogP contribution in [-0.2, 0) is 18.9 Å². The number of aryl methyl sites for hydroxylation is 1. The second kappa shape index (κ2) is 6.02. The molecule has 2 aromatic rings. The van der Waals surface area contributed by atoms with Crippen molar-refractivity contribution >= 4 is 21.8 Å². The quantitative estimate of drug-likeness (QED) is 0.812. The van der Waals surface area contributed by atoms with Gasteiger partial charge in [0.05, 0.1) is 6.54 Å². The van der Waals surface area contributed by atoms with Gasteiger partial charge in [0, 0.05) is 37.4 Å². The minimum Gasteiger partial charge on any atom is -0.337 e. The summed E-state index contributed by atoms with van der Waals surface area (Å²) in [7, 11) is 3.71. The van der Waals surface area contributed by atoms with Crippen molar-refractivity contribution in [3.05, 3.63) is 53.6 Å². The maximum Gasteiger partial charge on any atom is 0.254 e. The van der Waals surface area contributed by atoms with Crippen LogP contribution in [0.5, 0.6) is 0 Å². The molecular formula is C14H16BrN3O. The molecule has 0 unspecified atom stereocenters. The molecule has 0 fully saturated rings. The van der Waals surface area contributed by atoms with E-state index in [9.17, 15) is 4.79 Å². The molecule has 100 valence electrons. The molecule has 0 aliphatic rings. The summed E-state index contributed by atoms with van der Waals surface area (Å²) in [4.78, 5) is 18.2. The molecule has 19 heavy (non-hydrogen) atoms. The van der Waals surface area contributed by atoms with Gasteiger partial charge in [-0.1, -0.05) is 28.1 Å². The lowest BCUT2D eigenvalue weighted by Crippen LogP contribution is -2.27. The highest BCUT2D eigenvalue weighted by molar-refractivity contribution is 9.08. The van der Waals surface area contributed by atoms with Gasteiger partial charge in [0.25, 0.3) is 5.91 Å². The molecule has 5 heteroatoms. The topological polar surface area (TPSA) is 38.1 Å². The molecule has 0 spiro atoms. The van der Waals surface area contributed by atoms with Crippen molar-refractivity contribution in [3.63, 3.8) is 0 Å². The average Bonchev–Trinajstić information content (AvgIpc) is 2.83. The Hall–Kier alpha value is -1.62. The zero-order valence-corrected chi connectivity index (χ0v) is 12.6. The monoisotopic (exact) mass is 321 g/mol. The third-order valence-electron chi connectivity index (χ3n) is 3.00. The number of nitrogens with zero attached hydrogens (tertiary/aromatic N) is 3. The fraction of sp³-hybridized carbons (Fsp3) is 0.286. The Morgan fingerprint density at radius 3 is 2.58 bits per heavy atom. The molecule has 0 saturated carbocycles. The van der Waals surface area contributed by atoms with E-state index in [0.717, 1.165) is 16.7 Å². The SMILES string of the molecule is CN(Cc1nccn1C)C(=O)c1ccc(CBr)cc1. The summed E-state index contributed by atoms with van der Waals surface area (Å²) in [5, 5.41) is 0.796. The van der Waals surface area contributed by atoms with Crippen LogP contribution in [-0.4, -0.2) is 27.4 Å². The van der Waals surface area contributed by atoms with E-state index in [-0.39, 0.29) is 5.91 Å². The molecule has 0 aliphatic heterocycles. The highest BCUT2D eigenvalue weighted by atomic mass is 79.9. The number of hydrogen-bond donors (Lipinski definition) is 0. The van der Waals surface area contributed by atoms with Crippen LogP contribution < -0.4 is 0 Å².